The quantitative estimate of drug-likeness (QED) is 0.738. The zero-order valence-electron chi connectivity index (χ0n) is 14.2. The first-order valence-electron chi connectivity index (χ1n) is 7.99. The minimum absolute atomic E-state index is 0.752. The number of allylic oxidation sites excluding steroid dienone is 1. The smallest absolute Gasteiger partial charge is 0.0567 e. The molecule has 120 valence electrons. The standard InChI is InChI=1S/C21H26N2/c1-17-9-8-12-21(15-17)22-18(2)16-23(4)19(3)13-14-20-10-6-5-7-11-20/h5-12,15,22H,2-3,13-14,16H2,1,4H3. The van der Waals surface area contributed by atoms with E-state index in [0.29, 0.717) is 0 Å². The molecule has 2 heteroatoms. The van der Waals surface area contributed by atoms with Crippen molar-refractivity contribution >= 4 is 5.69 Å². The zero-order valence-corrected chi connectivity index (χ0v) is 14.2. The summed E-state index contributed by atoms with van der Waals surface area (Å²) in [6.45, 7) is 11.2. The maximum atomic E-state index is 4.20. The molecule has 0 aliphatic heterocycles. The molecule has 0 aliphatic carbocycles. The van der Waals surface area contributed by atoms with E-state index >= 15 is 0 Å². The highest BCUT2D eigenvalue weighted by Crippen LogP contribution is 2.15. The lowest BCUT2D eigenvalue weighted by molar-refractivity contribution is 0.437. The molecule has 2 aromatic rings. The van der Waals surface area contributed by atoms with E-state index in [4.69, 9.17) is 0 Å². The first kappa shape index (κ1) is 16.9. The molecule has 0 amide bonds. The van der Waals surface area contributed by atoms with E-state index in [2.05, 4.69) is 79.8 Å². The van der Waals surface area contributed by atoms with Crippen molar-refractivity contribution in [1.29, 1.82) is 0 Å². The number of hydrogen-bond acceptors (Lipinski definition) is 2. The van der Waals surface area contributed by atoms with Gasteiger partial charge in [0.1, 0.15) is 0 Å². The Bertz CT molecular complexity index is 659. The lowest BCUT2D eigenvalue weighted by atomic mass is 10.1. The molecule has 23 heavy (non-hydrogen) atoms. The lowest BCUT2D eigenvalue weighted by Crippen LogP contribution is -2.22. The molecule has 0 fully saturated rings. The van der Waals surface area contributed by atoms with E-state index in [1.165, 1.54) is 11.1 Å². The van der Waals surface area contributed by atoms with E-state index in [1.54, 1.807) is 0 Å². The van der Waals surface area contributed by atoms with Crippen molar-refractivity contribution in [3.8, 4) is 0 Å². The minimum Gasteiger partial charge on any atom is -0.373 e. The Morgan fingerprint density at radius 1 is 1.04 bits per heavy atom. The number of anilines is 1. The third-order valence-electron chi connectivity index (χ3n) is 3.85. The van der Waals surface area contributed by atoms with Crippen LogP contribution in [0, 0.1) is 6.92 Å². The molecule has 0 saturated carbocycles. The van der Waals surface area contributed by atoms with Gasteiger partial charge in [-0.15, -0.1) is 0 Å². The molecule has 0 bridgehead atoms. The molecule has 0 unspecified atom stereocenters. The van der Waals surface area contributed by atoms with Gasteiger partial charge in [0.2, 0.25) is 0 Å². The van der Waals surface area contributed by atoms with Gasteiger partial charge in [-0.3, -0.25) is 0 Å². The molecule has 1 N–H and O–H groups in total. The summed E-state index contributed by atoms with van der Waals surface area (Å²) in [7, 11) is 2.07. The predicted molar refractivity (Wildman–Crippen MR) is 100 cm³/mol. The van der Waals surface area contributed by atoms with Gasteiger partial charge in [0.15, 0.2) is 0 Å². The summed E-state index contributed by atoms with van der Waals surface area (Å²) >= 11 is 0. The molecule has 0 radical (unpaired) electrons. The van der Waals surface area contributed by atoms with Crippen molar-refractivity contribution in [1.82, 2.24) is 4.90 Å². The Hall–Kier alpha value is -2.48. The van der Waals surface area contributed by atoms with Crippen LogP contribution < -0.4 is 5.32 Å². The van der Waals surface area contributed by atoms with Crippen molar-refractivity contribution in [3.05, 3.63) is 90.3 Å². The summed E-state index contributed by atoms with van der Waals surface area (Å²) in [5.41, 5.74) is 5.76. The Balaban J connectivity index is 1.79. The van der Waals surface area contributed by atoms with E-state index in [1.807, 2.05) is 12.1 Å². The predicted octanol–water partition coefficient (Wildman–Crippen LogP) is 5.00. The summed E-state index contributed by atoms with van der Waals surface area (Å²) < 4.78 is 0. The summed E-state index contributed by atoms with van der Waals surface area (Å²) in [5, 5.41) is 3.37. The molecule has 2 rings (SSSR count). The fourth-order valence-corrected chi connectivity index (χ4v) is 2.49. The minimum atomic E-state index is 0.752. The van der Waals surface area contributed by atoms with Crippen LogP contribution in [-0.2, 0) is 6.42 Å². The first-order valence-corrected chi connectivity index (χ1v) is 7.99. The Morgan fingerprint density at radius 3 is 2.48 bits per heavy atom. The second-order valence-corrected chi connectivity index (χ2v) is 6.01. The van der Waals surface area contributed by atoms with Crippen LogP contribution in [0.3, 0.4) is 0 Å². The molecule has 0 aliphatic rings. The van der Waals surface area contributed by atoms with Crippen molar-refractivity contribution in [2.45, 2.75) is 19.8 Å². The Morgan fingerprint density at radius 2 is 1.78 bits per heavy atom. The van der Waals surface area contributed by atoms with Crippen LogP contribution in [0.2, 0.25) is 0 Å². The highest BCUT2D eigenvalue weighted by Gasteiger charge is 2.05. The van der Waals surface area contributed by atoms with Gasteiger partial charge in [-0.2, -0.15) is 0 Å². The summed E-state index contributed by atoms with van der Waals surface area (Å²) in [6, 6.07) is 18.8. The van der Waals surface area contributed by atoms with E-state index in [0.717, 1.165) is 36.5 Å². The maximum absolute atomic E-state index is 4.20. The van der Waals surface area contributed by atoms with Crippen LogP contribution in [0.15, 0.2) is 79.1 Å². The third-order valence-corrected chi connectivity index (χ3v) is 3.85. The monoisotopic (exact) mass is 306 g/mol. The van der Waals surface area contributed by atoms with Gasteiger partial charge in [0.05, 0.1) is 6.54 Å². The molecule has 2 aromatic carbocycles. The number of nitrogens with one attached hydrogen (secondary N) is 1. The van der Waals surface area contributed by atoms with Crippen molar-refractivity contribution < 1.29 is 0 Å². The van der Waals surface area contributed by atoms with Crippen LogP contribution in [0.25, 0.3) is 0 Å². The van der Waals surface area contributed by atoms with Gasteiger partial charge in [-0.25, -0.2) is 0 Å². The number of nitrogens with zero attached hydrogens (tertiary/aromatic N) is 1. The van der Waals surface area contributed by atoms with Crippen LogP contribution in [0.4, 0.5) is 5.69 Å². The second kappa shape index (κ2) is 8.23. The zero-order chi connectivity index (χ0) is 16.7. The van der Waals surface area contributed by atoms with Gasteiger partial charge in [-0.1, -0.05) is 55.6 Å². The van der Waals surface area contributed by atoms with E-state index in [9.17, 15) is 0 Å². The van der Waals surface area contributed by atoms with Crippen molar-refractivity contribution in [2.24, 2.45) is 0 Å². The molecule has 0 saturated heterocycles. The molecule has 0 spiro atoms. The van der Waals surface area contributed by atoms with Crippen LogP contribution >= 0.6 is 0 Å². The topological polar surface area (TPSA) is 15.3 Å². The molecular weight excluding hydrogens is 280 g/mol. The van der Waals surface area contributed by atoms with Gasteiger partial charge in [-0.05, 0) is 43.0 Å². The van der Waals surface area contributed by atoms with Gasteiger partial charge < -0.3 is 10.2 Å². The molecule has 2 nitrogen and oxygen atoms in total. The number of likely N-dealkylation sites (N-methyl/N-ethyl adjacent to an activating group) is 1. The van der Waals surface area contributed by atoms with Crippen LogP contribution in [0.1, 0.15) is 17.5 Å². The van der Waals surface area contributed by atoms with Crippen LogP contribution in [-0.4, -0.2) is 18.5 Å². The molecular formula is C21H26N2. The number of rotatable bonds is 8. The van der Waals surface area contributed by atoms with E-state index < -0.39 is 0 Å². The second-order valence-electron chi connectivity index (χ2n) is 6.01. The number of hydrogen-bond donors (Lipinski definition) is 1. The number of benzene rings is 2. The third kappa shape index (κ3) is 5.67. The summed E-state index contributed by atoms with van der Waals surface area (Å²) in [5.74, 6) is 0. The highest BCUT2D eigenvalue weighted by atomic mass is 15.1. The largest absolute Gasteiger partial charge is 0.373 e. The number of aryl methyl sites for hydroxylation is 2. The van der Waals surface area contributed by atoms with Gasteiger partial charge >= 0.3 is 0 Å². The average Bonchev–Trinajstić information content (AvgIpc) is 2.53. The summed E-state index contributed by atoms with van der Waals surface area (Å²) in [4.78, 5) is 2.16. The average molecular weight is 306 g/mol. The Kier molecular flexibility index (Phi) is 6.04. The lowest BCUT2D eigenvalue weighted by Gasteiger charge is -2.23. The highest BCUT2D eigenvalue weighted by molar-refractivity contribution is 5.49. The fraction of sp³-hybridized carbons (Fsp3) is 0.238. The molecule has 0 heterocycles. The van der Waals surface area contributed by atoms with Gasteiger partial charge in [0.25, 0.3) is 0 Å². The first-order chi connectivity index (χ1) is 11.0. The normalized spacial score (nSPS) is 10.2. The maximum Gasteiger partial charge on any atom is 0.0567 e. The fourth-order valence-electron chi connectivity index (χ4n) is 2.49. The van der Waals surface area contributed by atoms with E-state index in [-0.39, 0.29) is 0 Å². The van der Waals surface area contributed by atoms with Crippen LogP contribution in [0.5, 0.6) is 0 Å². The Labute approximate surface area is 140 Å². The molecule has 0 aromatic heterocycles. The molecule has 0 atom stereocenters. The summed E-state index contributed by atoms with van der Waals surface area (Å²) in [6.07, 6.45) is 1.97. The SMILES string of the molecule is C=C(CN(C)C(=C)CCc1ccccc1)Nc1cccc(C)c1. The van der Waals surface area contributed by atoms with Crippen molar-refractivity contribution in [2.75, 3.05) is 18.9 Å². The van der Waals surface area contributed by atoms with Gasteiger partial charge in [0, 0.05) is 24.1 Å². The van der Waals surface area contributed by atoms with Crippen molar-refractivity contribution in [3.63, 3.8) is 0 Å².